The number of aromatic nitrogens is 2. The molecule has 174 valence electrons. The van der Waals surface area contributed by atoms with Gasteiger partial charge in [-0.25, -0.2) is 8.42 Å². The summed E-state index contributed by atoms with van der Waals surface area (Å²) in [6.07, 6.45) is 3.52. The monoisotopic (exact) mass is 508 g/mol. The second kappa shape index (κ2) is 9.80. The SMILES string of the molecule is CCC1CCCCN1S(=O)(=O)c1ccc(C(=O)Nc2nnc(-c3ccc(Cl)cc3Cl)o2)cc1. The summed E-state index contributed by atoms with van der Waals surface area (Å²) in [5, 5.41) is 11.0. The second-order valence-corrected chi connectivity index (χ2v) is 10.4. The Kier molecular flexibility index (Phi) is 7.04. The Hall–Kier alpha value is -2.46. The highest BCUT2D eigenvalue weighted by Crippen LogP contribution is 2.30. The Morgan fingerprint density at radius 2 is 1.91 bits per heavy atom. The number of halogens is 2. The fourth-order valence-electron chi connectivity index (χ4n) is 3.83. The molecule has 1 atom stereocenters. The first kappa shape index (κ1) is 23.7. The number of nitrogens with zero attached hydrogens (tertiary/aromatic N) is 3. The Morgan fingerprint density at radius 1 is 1.15 bits per heavy atom. The van der Waals surface area contributed by atoms with E-state index in [0.717, 1.165) is 25.7 Å². The lowest BCUT2D eigenvalue weighted by atomic mass is 10.0. The van der Waals surface area contributed by atoms with Crippen LogP contribution < -0.4 is 5.32 Å². The fraction of sp³-hybridized carbons (Fsp3) is 0.318. The number of rotatable bonds is 6. The molecule has 1 amide bonds. The predicted molar refractivity (Wildman–Crippen MR) is 126 cm³/mol. The summed E-state index contributed by atoms with van der Waals surface area (Å²) in [6.45, 7) is 2.51. The van der Waals surface area contributed by atoms with Gasteiger partial charge < -0.3 is 4.42 Å². The molecule has 2 aromatic carbocycles. The van der Waals surface area contributed by atoms with Crippen LogP contribution in [0.4, 0.5) is 6.01 Å². The lowest BCUT2D eigenvalue weighted by molar-refractivity contribution is 0.102. The number of carbonyl (C=O) groups is 1. The first-order valence-corrected chi connectivity index (χ1v) is 12.7. The van der Waals surface area contributed by atoms with Crippen molar-refractivity contribution in [3.8, 4) is 11.5 Å². The highest BCUT2D eigenvalue weighted by atomic mass is 35.5. The first-order valence-electron chi connectivity index (χ1n) is 10.5. The summed E-state index contributed by atoms with van der Waals surface area (Å²) < 4.78 is 33.2. The molecule has 0 aliphatic carbocycles. The number of amides is 1. The molecular formula is C22H22Cl2N4O4S. The topological polar surface area (TPSA) is 105 Å². The third-order valence-electron chi connectivity index (χ3n) is 5.57. The van der Waals surface area contributed by atoms with E-state index in [9.17, 15) is 13.2 Å². The van der Waals surface area contributed by atoms with E-state index >= 15 is 0 Å². The van der Waals surface area contributed by atoms with E-state index in [2.05, 4.69) is 15.5 Å². The molecule has 33 heavy (non-hydrogen) atoms. The number of sulfonamides is 1. The van der Waals surface area contributed by atoms with Crippen LogP contribution in [-0.2, 0) is 10.0 Å². The third-order valence-corrected chi connectivity index (χ3v) is 8.09. The summed E-state index contributed by atoms with van der Waals surface area (Å²) >= 11 is 12.0. The maximum atomic E-state index is 13.1. The average Bonchev–Trinajstić information content (AvgIpc) is 3.27. The molecule has 3 aromatic rings. The quantitative estimate of drug-likeness (QED) is 0.487. The number of piperidine rings is 1. The van der Waals surface area contributed by atoms with E-state index in [1.54, 1.807) is 22.5 Å². The van der Waals surface area contributed by atoms with Gasteiger partial charge in [-0.15, -0.1) is 5.10 Å². The van der Waals surface area contributed by atoms with Crippen LogP contribution in [0.3, 0.4) is 0 Å². The van der Waals surface area contributed by atoms with Crippen LogP contribution in [0.25, 0.3) is 11.5 Å². The molecule has 4 rings (SSSR count). The van der Waals surface area contributed by atoms with Crippen LogP contribution in [0.15, 0.2) is 51.8 Å². The van der Waals surface area contributed by atoms with Gasteiger partial charge in [0.1, 0.15) is 0 Å². The maximum Gasteiger partial charge on any atom is 0.322 e. The van der Waals surface area contributed by atoms with E-state index in [1.807, 2.05) is 6.92 Å². The molecule has 1 N–H and O–H groups in total. The second-order valence-electron chi connectivity index (χ2n) is 7.69. The molecule has 1 aromatic heterocycles. The zero-order chi connectivity index (χ0) is 23.6. The van der Waals surface area contributed by atoms with Crippen molar-refractivity contribution in [3.63, 3.8) is 0 Å². The van der Waals surface area contributed by atoms with E-state index in [0.29, 0.717) is 22.2 Å². The minimum atomic E-state index is -3.62. The van der Waals surface area contributed by atoms with Crippen LogP contribution in [0, 0.1) is 0 Å². The number of anilines is 1. The van der Waals surface area contributed by atoms with Crippen LogP contribution in [0.5, 0.6) is 0 Å². The summed E-state index contributed by atoms with van der Waals surface area (Å²) in [4.78, 5) is 12.8. The lowest BCUT2D eigenvalue weighted by Crippen LogP contribution is -2.43. The molecule has 1 aliphatic heterocycles. The van der Waals surface area contributed by atoms with Crippen molar-refractivity contribution in [2.24, 2.45) is 0 Å². The first-order chi connectivity index (χ1) is 15.8. The van der Waals surface area contributed by atoms with Crippen LogP contribution in [0.2, 0.25) is 10.0 Å². The smallest absolute Gasteiger partial charge is 0.322 e. The van der Waals surface area contributed by atoms with Crippen molar-refractivity contribution in [1.82, 2.24) is 14.5 Å². The Labute approximate surface area is 201 Å². The van der Waals surface area contributed by atoms with Crippen LogP contribution in [0.1, 0.15) is 43.0 Å². The number of hydrogen-bond donors (Lipinski definition) is 1. The number of hydrogen-bond acceptors (Lipinski definition) is 6. The van der Waals surface area contributed by atoms with E-state index in [-0.39, 0.29) is 28.4 Å². The Morgan fingerprint density at radius 3 is 2.61 bits per heavy atom. The van der Waals surface area contributed by atoms with Crippen LogP contribution >= 0.6 is 23.2 Å². The van der Waals surface area contributed by atoms with Crippen molar-refractivity contribution >= 4 is 45.1 Å². The molecule has 2 heterocycles. The fourth-order valence-corrected chi connectivity index (χ4v) is 6.08. The third kappa shape index (κ3) is 5.06. The summed E-state index contributed by atoms with van der Waals surface area (Å²) in [7, 11) is -3.62. The predicted octanol–water partition coefficient (Wildman–Crippen LogP) is 5.25. The van der Waals surface area contributed by atoms with Crippen molar-refractivity contribution in [3.05, 3.63) is 58.1 Å². The van der Waals surface area contributed by atoms with E-state index in [4.69, 9.17) is 27.6 Å². The summed E-state index contributed by atoms with van der Waals surface area (Å²) in [6, 6.07) is 10.5. The maximum absolute atomic E-state index is 13.1. The van der Waals surface area contributed by atoms with Crippen LogP contribution in [-0.4, -0.2) is 41.4 Å². The minimum absolute atomic E-state index is 0.00703. The van der Waals surface area contributed by atoms with Crippen molar-refractivity contribution in [2.75, 3.05) is 11.9 Å². The molecule has 1 fully saturated rings. The molecule has 0 bridgehead atoms. The van der Waals surface area contributed by atoms with Gasteiger partial charge in [-0.3, -0.25) is 10.1 Å². The lowest BCUT2D eigenvalue weighted by Gasteiger charge is -2.34. The van der Waals surface area contributed by atoms with Gasteiger partial charge in [0.2, 0.25) is 10.0 Å². The van der Waals surface area contributed by atoms with Gasteiger partial charge in [-0.05, 0) is 61.7 Å². The minimum Gasteiger partial charge on any atom is -0.403 e. The highest BCUT2D eigenvalue weighted by Gasteiger charge is 2.32. The Balaban J connectivity index is 1.47. The normalized spacial score (nSPS) is 17.1. The number of benzene rings is 2. The van der Waals surface area contributed by atoms with Crippen molar-refractivity contribution in [1.29, 1.82) is 0 Å². The van der Waals surface area contributed by atoms with Gasteiger partial charge in [0, 0.05) is 23.2 Å². The zero-order valence-electron chi connectivity index (χ0n) is 17.8. The molecule has 1 unspecified atom stereocenters. The van der Waals surface area contributed by atoms with E-state index < -0.39 is 15.9 Å². The standard InChI is InChI=1S/C22H22Cl2N4O4S/c1-2-16-5-3-4-12-28(16)33(30,31)17-9-6-14(7-10-17)20(29)25-22-27-26-21(32-22)18-11-8-15(23)13-19(18)24/h6-11,13,16H,2-5,12H2,1H3,(H,25,27,29). The van der Waals surface area contributed by atoms with Crippen molar-refractivity contribution in [2.45, 2.75) is 43.5 Å². The van der Waals surface area contributed by atoms with Gasteiger partial charge in [0.25, 0.3) is 11.8 Å². The average molecular weight is 509 g/mol. The van der Waals surface area contributed by atoms with Crippen molar-refractivity contribution < 1.29 is 17.6 Å². The van der Waals surface area contributed by atoms with Gasteiger partial charge in [0.05, 0.1) is 15.5 Å². The molecule has 8 nitrogen and oxygen atoms in total. The molecular weight excluding hydrogens is 487 g/mol. The number of nitrogens with one attached hydrogen (secondary N) is 1. The largest absolute Gasteiger partial charge is 0.403 e. The van der Waals surface area contributed by atoms with Gasteiger partial charge in [0.15, 0.2) is 0 Å². The van der Waals surface area contributed by atoms with Gasteiger partial charge >= 0.3 is 6.01 Å². The Bertz CT molecular complexity index is 1260. The number of carbonyl (C=O) groups excluding carboxylic acids is 1. The highest BCUT2D eigenvalue weighted by molar-refractivity contribution is 7.89. The molecule has 0 saturated carbocycles. The summed E-state index contributed by atoms with van der Waals surface area (Å²) in [5.74, 6) is -0.388. The van der Waals surface area contributed by atoms with Gasteiger partial charge in [-0.1, -0.05) is 41.6 Å². The summed E-state index contributed by atoms with van der Waals surface area (Å²) in [5.41, 5.74) is 0.732. The van der Waals surface area contributed by atoms with Gasteiger partial charge in [-0.2, -0.15) is 4.31 Å². The zero-order valence-corrected chi connectivity index (χ0v) is 20.1. The molecule has 0 radical (unpaired) electrons. The van der Waals surface area contributed by atoms with E-state index in [1.165, 1.54) is 24.3 Å². The molecule has 11 heteroatoms. The molecule has 1 saturated heterocycles. The molecule has 0 spiro atoms. The molecule has 1 aliphatic rings.